The van der Waals surface area contributed by atoms with E-state index in [0.29, 0.717) is 10.6 Å². The average Bonchev–Trinajstić information content (AvgIpc) is 2.67. The van der Waals surface area contributed by atoms with Crippen LogP contribution < -0.4 is 0 Å². The minimum atomic E-state index is -1.09. The number of rotatable bonds is 3. The molecule has 6 heteroatoms. The second kappa shape index (κ2) is 5.27. The van der Waals surface area contributed by atoms with Crippen LogP contribution in [0.3, 0.4) is 0 Å². The summed E-state index contributed by atoms with van der Waals surface area (Å²) in [6.07, 6.45) is 2.32. The highest BCUT2D eigenvalue weighted by molar-refractivity contribution is 7.16. The molecule has 1 aromatic carbocycles. The molecule has 3 nitrogen and oxygen atoms in total. The number of carboxylic acid groups (broad SMARTS) is 1. The lowest BCUT2D eigenvalue weighted by molar-refractivity contribution is -0.131. The number of aromatic nitrogens is 1. The van der Waals surface area contributed by atoms with Crippen molar-refractivity contribution in [2.45, 2.75) is 6.92 Å². The monoisotopic (exact) mass is 281 g/mol. The summed E-state index contributed by atoms with van der Waals surface area (Å²) in [5, 5.41) is 8.75. The molecule has 2 aromatic rings. The van der Waals surface area contributed by atoms with Gasteiger partial charge in [0, 0.05) is 6.08 Å². The van der Waals surface area contributed by atoms with Crippen LogP contribution in [-0.2, 0) is 4.79 Å². The molecule has 1 aromatic heterocycles. The average molecular weight is 281 g/mol. The number of nitrogens with zero attached hydrogens (tertiary/aromatic N) is 1. The van der Waals surface area contributed by atoms with Crippen LogP contribution in [0.25, 0.3) is 16.6 Å². The molecule has 0 saturated carbocycles. The van der Waals surface area contributed by atoms with Gasteiger partial charge in [-0.05, 0) is 25.1 Å². The van der Waals surface area contributed by atoms with Gasteiger partial charge in [0.1, 0.15) is 16.6 Å². The second-order valence-corrected chi connectivity index (χ2v) is 4.77. The molecule has 0 aliphatic carbocycles. The molecule has 0 atom stereocenters. The third-order valence-corrected chi connectivity index (χ3v) is 3.53. The molecule has 2 rings (SSSR count). The third kappa shape index (κ3) is 2.85. The summed E-state index contributed by atoms with van der Waals surface area (Å²) >= 11 is 1.04. The van der Waals surface area contributed by atoms with E-state index in [1.165, 1.54) is 12.1 Å². The van der Waals surface area contributed by atoms with Gasteiger partial charge in [0.15, 0.2) is 0 Å². The molecular weight excluding hydrogens is 272 g/mol. The minimum absolute atomic E-state index is 0.189. The van der Waals surface area contributed by atoms with Gasteiger partial charge < -0.3 is 5.11 Å². The summed E-state index contributed by atoms with van der Waals surface area (Å²) in [7, 11) is 0. The van der Waals surface area contributed by atoms with Crippen molar-refractivity contribution in [2.75, 3.05) is 0 Å². The fourth-order valence-electron chi connectivity index (χ4n) is 1.52. The SMILES string of the molecule is Cc1nc(-c2c(F)cccc2F)sc1/C=C/C(=O)O. The van der Waals surface area contributed by atoms with Crippen molar-refractivity contribution in [3.8, 4) is 10.6 Å². The van der Waals surface area contributed by atoms with E-state index in [2.05, 4.69) is 4.98 Å². The molecule has 0 unspecified atom stereocenters. The molecule has 1 N–H and O–H groups in total. The Hall–Kier alpha value is -2.08. The van der Waals surface area contributed by atoms with E-state index in [-0.39, 0.29) is 10.6 Å². The number of aryl methyl sites for hydroxylation is 1. The standard InChI is InChI=1S/C13H9F2NO2S/c1-7-10(5-6-11(17)18)19-13(16-7)12-8(14)3-2-4-9(12)15/h2-6H,1H3,(H,17,18)/b6-5+. The van der Waals surface area contributed by atoms with Crippen LogP contribution in [0.4, 0.5) is 8.78 Å². The van der Waals surface area contributed by atoms with Crippen LogP contribution in [-0.4, -0.2) is 16.1 Å². The number of halogens is 2. The molecule has 0 aliphatic heterocycles. The summed E-state index contributed by atoms with van der Waals surface area (Å²) in [6, 6.07) is 3.59. The summed E-state index contributed by atoms with van der Waals surface area (Å²) in [5.74, 6) is -2.48. The van der Waals surface area contributed by atoms with E-state index < -0.39 is 17.6 Å². The highest BCUT2D eigenvalue weighted by atomic mass is 32.1. The molecular formula is C13H9F2NO2S. The van der Waals surface area contributed by atoms with Crippen molar-refractivity contribution in [2.24, 2.45) is 0 Å². The first-order valence-electron chi connectivity index (χ1n) is 5.32. The molecule has 0 fully saturated rings. The zero-order valence-electron chi connectivity index (χ0n) is 9.85. The maximum absolute atomic E-state index is 13.6. The topological polar surface area (TPSA) is 50.2 Å². The van der Waals surface area contributed by atoms with Crippen LogP contribution in [0.2, 0.25) is 0 Å². The van der Waals surface area contributed by atoms with Gasteiger partial charge >= 0.3 is 5.97 Å². The Morgan fingerprint density at radius 3 is 2.58 bits per heavy atom. The number of hydrogen-bond acceptors (Lipinski definition) is 3. The van der Waals surface area contributed by atoms with Crippen LogP contribution in [0.15, 0.2) is 24.3 Å². The van der Waals surface area contributed by atoms with Gasteiger partial charge in [-0.3, -0.25) is 0 Å². The van der Waals surface area contributed by atoms with Gasteiger partial charge in [0.05, 0.1) is 16.1 Å². The quantitative estimate of drug-likeness (QED) is 0.876. The van der Waals surface area contributed by atoms with Crippen LogP contribution in [0.5, 0.6) is 0 Å². The molecule has 19 heavy (non-hydrogen) atoms. The van der Waals surface area contributed by atoms with Crippen molar-refractivity contribution in [3.05, 3.63) is 46.5 Å². The lowest BCUT2D eigenvalue weighted by Gasteiger charge is -1.99. The summed E-state index contributed by atoms with van der Waals surface area (Å²) in [4.78, 5) is 15.1. The Bertz CT molecular complexity index is 644. The van der Waals surface area contributed by atoms with Crippen molar-refractivity contribution < 1.29 is 18.7 Å². The van der Waals surface area contributed by atoms with Gasteiger partial charge in [-0.2, -0.15) is 0 Å². The first-order valence-corrected chi connectivity index (χ1v) is 6.13. The number of carboxylic acids is 1. The Kier molecular flexibility index (Phi) is 3.71. The van der Waals surface area contributed by atoms with E-state index in [1.54, 1.807) is 6.92 Å². The van der Waals surface area contributed by atoms with Gasteiger partial charge in [-0.15, -0.1) is 11.3 Å². The Balaban J connectivity index is 2.48. The van der Waals surface area contributed by atoms with Crippen LogP contribution in [0, 0.1) is 18.6 Å². The largest absolute Gasteiger partial charge is 0.478 e. The first kappa shape index (κ1) is 13.4. The Morgan fingerprint density at radius 1 is 1.37 bits per heavy atom. The van der Waals surface area contributed by atoms with Gasteiger partial charge in [-0.25, -0.2) is 18.6 Å². The fraction of sp³-hybridized carbons (Fsp3) is 0.0769. The Labute approximate surface area is 111 Å². The maximum Gasteiger partial charge on any atom is 0.328 e. The van der Waals surface area contributed by atoms with E-state index in [1.807, 2.05) is 0 Å². The maximum atomic E-state index is 13.6. The van der Waals surface area contributed by atoms with E-state index in [9.17, 15) is 13.6 Å². The molecule has 0 bridgehead atoms. The number of thiazole rings is 1. The first-order chi connectivity index (χ1) is 8.99. The highest BCUT2D eigenvalue weighted by Gasteiger charge is 2.16. The highest BCUT2D eigenvalue weighted by Crippen LogP contribution is 2.32. The lowest BCUT2D eigenvalue weighted by Crippen LogP contribution is -1.88. The number of carbonyl (C=O) groups is 1. The molecule has 0 amide bonds. The summed E-state index contributed by atoms with van der Waals surface area (Å²) in [5.41, 5.74) is 0.339. The third-order valence-electron chi connectivity index (χ3n) is 2.39. The second-order valence-electron chi connectivity index (χ2n) is 3.74. The molecule has 1 heterocycles. The molecule has 0 saturated heterocycles. The molecule has 0 radical (unpaired) electrons. The smallest absolute Gasteiger partial charge is 0.328 e. The lowest BCUT2D eigenvalue weighted by atomic mass is 10.2. The van der Waals surface area contributed by atoms with E-state index >= 15 is 0 Å². The molecule has 0 spiro atoms. The molecule has 98 valence electrons. The van der Waals surface area contributed by atoms with Gasteiger partial charge in [0.2, 0.25) is 0 Å². The number of benzene rings is 1. The Morgan fingerprint density at radius 2 is 2.00 bits per heavy atom. The normalized spacial score (nSPS) is 11.1. The van der Waals surface area contributed by atoms with Crippen LogP contribution >= 0.6 is 11.3 Å². The van der Waals surface area contributed by atoms with Crippen LogP contribution in [0.1, 0.15) is 10.6 Å². The zero-order chi connectivity index (χ0) is 14.0. The molecule has 0 aliphatic rings. The predicted molar refractivity (Wildman–Crippen MR) is 68.9 cm³/mol. The van der Waals surface area contributed by atoms with Crippen molar-refractivity contribution in [1.82, 2.24) is 4.98 Å². The summed E-state index contributed by atoms with van der Waals surface area (Å²) in [6.45, 7) is 1.65. The van der Waals surface area contributed by atoms with Crippen molar-refractivity contribution in [3.63, 3.8) is 0 Å². The van der Waals surface area contributed by atoms with E-state index in [4.69, 9.17) is 5.11 Å². The van der Waals surface area contributed by atoms with Gasteiger partial charge in [-0.1, -0.05) is 6.07 Å². The van der Waals surface area contributed by atoms with Gasteiger partial charge in [0.25, 0.3) is 0 Å². The van der Waals surface area contributed by atoms with Crippen molar-refractivity contribution in [1.29, 1.82) is 0 Å². The zero-order valence-corrected chi connectivity index (χ0v) is 10.7. The number of aliphatic carboxylic acids is 1. The fourth-order valence-corrected chi connectivity index (χ4v) is 2.54. The summed E-state index contributed by atoms with van der Waals surface area (Å²) < 4.78 is 27.2. The minimum Gasteiger partial charge on any atom is -0.478 e. The number of hydrogen-bond donors (Lipinski definition) is 1. The van der Waals surface area contributed by atoms with E-state index in [0.717, 1.165) is 29.5 Å². The predicted octanol–water partition coefficient (Wildman–Crippen LogP) is 3.49. The van der Waals surface area contributed by atoms with Crippen molar-refractivity contribution >= 4 is 23.4 Å².